The molecule has 0 aliphatic rings. The minimum atomic E-state index is -1.35. The summed E-state index contributed by atoms with van der Waals surface area (Å²) in [7, 11) is 0. The fraction of sp³-hybridized carbons (Fsp3) is 0.333. The summed E-state index contributed by atoms with van der Waals surface area (Å²) in [5, 5.41) is 19.0. The quantitative estimate of drug-likeness (QED) is 0.505. The van der Waals surface area contributed by atoms with Gasteiger partial charge in [-0.05, 0) is 17.7 Å². The van der Waals surface area contributed by atoms with Crippen molar-refractivity contribution in [2.45, 2.75) is 0 Å². The summed E-state index contributed by atoms with van der Waals surface area (Å²) in [4.78, 5) is 22.1. The Hall–Kier alpha value is -1.92. The molecule has 0 saturated heterocycles. The second kappa shape index (κ2) is 7.41. The van der Waals surface area contributed by atoms with Crippen molar-refractivity contribution in [1.29, 1.82) is 0 Å². The summed E-state index contributed by atoms with van der Waals surface area (Å²) in [6, 6.07) is 5.40. The van der Waals surface area contributed by atoms with Crippen molar-refractivity contribution in [2.24, 2.45) is 0 Å². The number of carbonyl (C=O) groups is 2. The molecule has 0 aliphatic carbocycles. The van der Waals surface area contributed by atoms with E-state index in [1.165, 1.54) is 24.3 Å². The summed E-state index contributed by atoms with van der Waals surface area (Å²) in [5.41, 5.74) is 0.0554. The molecular weight excluding hydrogens is 240 g/mol. The second-order valence-corrected chi connectivity index (χ2v) is 3.34. The Labute approximate surface area is 104 Å². The molecule has 6 heteroatoms. The number of rotatable bonds is 7. The van der Waals surface area contributed by atoms with Crippen LogP contribution < -0.4 is 5.11 Å². The smallest absolute Gasteiger partial charge is 0.338 e. The summed E-state index contributed by atoms with van der Waals surface area (Å²) in [6.07, 6.45) is 0. The molecule has 0 amide bonds. The third-order valence-electron chi connectivity index (χ3n) is 2.03. The van der Waals surface area contributed by atoms with Crippen LogP contribution in [-0.2, 0) is 9.47 Å². The summed E-state index contributed by atoms with van der Waals surface area (Å²) in [5.74, 6) is -1.98. The first kappa shape index (κ1) is 14.1. The van der Waals surface area contributed by atoms with Crippen LogP contribution in [0.15, 0.2) is 24.3 Å². The van der Waals surface area contributed by atoms with Crippen molar-refractivity contribution in [3.63, 3.8) is 0 Å². The Kier molecular flexibility index (Phi) is 5.83. The third kappa shape index (κ3) is 4.52. The van der Waals surface area contributed by atoms with Crippen molar-refractivity contribution in [3.05, 3.63) is 35.4 Å². The number of carboxylic acid groups (broad SMARTS) is 1. The van der Waals surface area contributed by atoms with Gasteiger partial charge in [0, 0.05) is 0 Å². The first-order chi connectivity index (χ1) is 8.65. The average molecular weight is 253 g/mol. The minimum Gasteiger partial charge on any atom is -0.545 e. The van der Waals surface area contributed by atoms with Crippen molar-refractivity contribution in [2.75, 3.05) is 26.4 Å². The Balaban J connectivity index is 2.46. The van der Waals surface area contributed by atoms with Crippen LogP contribution in [-0.4, -0.2) is 43.5 Å². The maximum Gasteiger partial charge on any atom is 0.338 e. The van der Waals surface area contributed by atoms with Gasteiger partial charge in [0.1, 0.15) is 6.61 Å². The molecule has 1 aromatic rings. The third-order valence-corrected chi connectivity index (χ3v) is 2.03. The lowest BCUT2D eigenvalue weighted by Gasteiger charge is -2.07. The Morgan fingerprint density at radius 3 is 2.56 bits per heavy atom. The number of carbonyl (C=O) groups excluding carboxylic acids is 2. The molecule has 0 aliphatic heterocycles. The Morgan fingerprint density at radius 2 is 1.89 bits per heavy atom. The van der Waals surface area contributed by atoms with Gasteiger partial charge in [0.15, 0.2) is 0 Å². The molecule has 0 bridgehead atoms. The van der Waals surface area contributed by atoms with E-state index in [0.717, 1.165) is 0 Å². The van der Waals surface area contributed by atoms with Crippen LogP contribution in [0.25, 0.3) is 0 Å². The largest absolute Gasteiger partial charge is 0.545 e. The Morgan fingerprint density at radius 1 is 1.17 bits per heavy atom. The average Bonchev–Trinajstić information content (AvgIpc) is 2.38. The first-order valence-corrected chi connectivity index (χ1v) is 5.32. The zero-order valence-electron chi connectivity index (χ0n) is 9.63. The van der Waals surface area contributed by atoms with E-state index in [1.807, 2.05) is 0 Å². The van der Waals surface area contributed by atoms with Crippen LogP contribution in [0.5, 0.6) is 0 Å². The van der Waals surface area contributed by atoms with Crippen LogP contribution in [0, 0.1) is 0 Å². The molecule has 98 valence electrons. The normalized spacial score (nSPS) is 10.1. The zero-order chi connectivity index (χ0) is 13.4. The maximum atomic E-state index is 11.5. The number of aliphatic hydroxyl groups is 1. The van der Waals surface area contributed by atoms with Crippen molar-refractivity contribution >= 4 is 11.9 Å². The zero-order valence-corrected chi connectivity index (χ0v) is 9.63. The van der Waals surface area contributed by atoms with E-state index in [2.05, 4.69) is 0 Å². The van der Waals surface area contributed by atoms with Crippen LogP contribution >= 0.6 is 0 Å². The van der Waals surface area contributed by atoms with Gasteiger partial charge in [-0.15, -0.1) is 0 Å². The molecule has 1 aromatic carbocycles. The molecule has 1 rings (SSSR count). The highest BCUT2D eigenvalue weighted by Crippen LogP contribution is 2.06. The predicted molar refractivity (Wildman–Crippen MR) is 59.0 cm³/mol. The van der Waals surface area contributed by atoms with Crippen LogP contribution in [0.4, 0.5) is 0 Å². The SMILES string of the molecule is O=C([O-])c1cccc(C(=O)OCCOCCO)c1. The van der Waals surface area contributed by atoms with Gasteiger partial charge in [-0.2, -0.15) is 0 Å². The lowest BCUT2D eigenvalue weighted by molar-refractivity contribution is -0.255. The van der Waals surface area contributed by atoms with E-state index >= 15 is 0 Å². The fourth-order valence-electron chi connectivity index (χ4n) is 1.22. The van der Waals surface area contributed by atoms with Gasteiger partial charge in [-0.1, -0.05) is 12.1 Å². The van der Waals surface area contributed by atoms with Gasteiger partial charge in [0.25, 0.3) is 0 Å². The topological polar surface area (TPSA) is 95.9 Å². The minimum absolute atomic E-state index is 0.0361. The van der Waals surface area contributed by atoms with Crippen LogP contribution in [0.2, 0.25) is 0 Å². The fourth-order valence-corrected chi connectivity index (χ4v) is 1.22. The second-order valence-electron chi connectivity index (χ2n) is 3.34. The molecule has 0 fully saturated rings. The summed E-state index contributed by atoms with van der Waals surface area (Å²) in [6.45, 7) is 0.292. The van der Waals surface area contributed by atoms with Crippen LogP contribution in [0.3, 0.4) is 0 Å². The highest BCUT2D eigenvalue weighted by atomic mass is 16.6. The van der Waals surface area contributed by atoms with Crippen molar-refractivity contribution < 1.29 is 29.3 Å². The Bertz CT molecular complexity index is 415. The number of hydrogen-bond acceptors (Lipinski definition) is 6. The number of aliphatic hydroxyl groups excluding tert-OH is 1. The van der Waals surface area contributed by atoms with E-state index in [0.29, 0.717) is 0 Å². The molecule has 0 radical (unpaired) electrons. The molecule has 18 heavy (non-hydrogen) atoms. The highest BCUT2D eigenvalue weighted by molar-refractivity contribution is 5.93. The number of hydrogen-bond donors (Lipinski definition) is 1. The van der Waals surface area contributed by atoms with Gasteiger partial charge in [0.05, 0.1) is 31.4 Å². The monoisotopic (exact) mass is 253 g/mol. The van der Waals surface area contributed by atoms with E-state index in [-0.39, 0.29) is 37.6 Å². The number of aromatic carboxylic acids is 1. The van der Waals surface area contributed by atoms with Crippen molar-refractivity contribution in [3.8, 4) is 0 Å². The van der Waals surface area contributed by atoms with Crippen LogP contribution in [0.1, 0.15) is 20.7 Å². The molecule has 1 N–H and O–H groups in total. The summed E-state index contributed by atoms with van der Waals surface area (Å²) >= 11 is 0. The molecule has 0 spiro atoms. The van der Waals surface area contributed by atoms with Gasteiger partial charge in [-0.25, -0.2) is 4.79 Å². The van der Waals surface area contributed by atoms with Gasteiger partial charge < -0.3 is 24.5 Å². The molecule has 0 atom stereocenters. The van der Waals surface area contributed by atoms with Gasteiger partial charge in [0.2, 0.25) is 0 Å². The van der Waals surface area contributed by atoms with E-state index < -0.39 is 11.9 Å². The predicted octanol–water partition coefficient (Wildman–Crippen LogP) is -0.784. The van der Waals surface area contributed by atoms with Gasteiger partial charge >= 0.3 is 5.97 Å². The standard InChI is InChI=1S/C12H14O6/c13-4-5-17-6-7-18-12(16)10-3-1-2-9(8-10)11(14)15/h1-3,8,13H,4-7H2,(H,14,15)/p-1. The first-order valence-electron chi connectivity index (χ1n) is 5.32. The molecular formula is C12H13O6-. The molecule has 0 unspecified atom stereocenters. The number of carboxylic acids is 1. The maximum absolute atomic E-state index is 11.5. The van der Waals surface area contributed by atoms with Crippen molar-refractivity contribution in [1.82, 2.24) is 0 Å². The number of benzene rings is 1. The lowest BCUT2D eigenvalue weighted by atomic mass is 10.1. The molecule has 0 aromatic heterocycles. The van der Waals surface area contributed by atoms with E-state index in [9.17, 15) is 14.7 Å². The summed E-state index contributed by atoms with van der Waals surface area (Å²) < 4.78 is 9.75. The molecule has 6 nitrogen and oxygen atoms in total. The van der Waals surface area contributed by atoms with E-state index in [1.54, 1.807) is 0 Å². The van der Waals surface area contributed by atoms with Gasteiger partial charge in [-0.3, -0.25) is 0 Å². The highest BCUT2D eigenvalue weighted by Gasteiger charge is 2.07. The molecule has 0 heterocycles. The van der Waals surface area contributed by atoms with E-state index in [4.69, 9.17) is 14.6 Å². The molecule has 0 saturated carbocycles. The lowest BCUT2D eigenvalue weighted by Crippen LogP contribution is -2.22. The number of esters is 1. The number of ether oxygens (including phenoxy) is 2.